The average Bonchev–Trinajstić information content (AvgIpc) is 2.21. The molecule has 0 saturated heterocycles. The van der Waals surface area contributed by atoms with E-state index < -0.39 is 0 Å². The van der Waals surface area contributed by atoms with E-state index in [0.29, 0.717) is 17.2 Å². The summed E-state index contributed by atoms with van der Waals surface area (Å²) in [7, 11) is 0. The van der Waals surface area contributed by atoms with E-state index in [1.165, 1.54) is 6.08 Å². The lowest BCUT2D eigenvalue weighted by Gasteiger charge is -2.03. The van der Waals surface area contributed by atoms with Crippen LogP contribution in [0.5, 0.6) is 0 Å². The zero-order valence-electron chi connectivity index (χ0n) is 8.64. The van der Waals surface area contributed by atoms with Gasteiger partial charge in [0.05, 0.1) is 0 Å². The average molecular weight is 214 g/mol. The van der Waals surface area contributed by atoms with Gasteiger partial charge in [-0.15, -0.1) is 0 Å². The maximum Gasteiger partial charge on any atom is 0.250 e. The summed E-state index contributed by atoms with van der Waals surface area (Å²) < 4.78 is 0. The van der Waals surface area contributed by atoms with Gasteiger partial charge in [0.1, 0.15) is 0 Å². The van der Waals surface area contributed by atoms with Gasteiger partial charge < -0.3 is 5.32 Å². The van der Waals surface area contributed by atoms with Crippen molar-refractivity contribution in [3.05, 3.63) is 35.4 Å². The summed E-state index contributed by atoms with van der Waals surface area (Å²) in [6, 6.07) is 0. The van der Waals surface area contributed by atoms with E-state index in [-0.39, 0.29) is 5.91 Å². The Balaban J connectivity index is 4.43. The van der Waals surface area contributed by atoms with E-state index in [1.54, 1.807) is 19.1 Å². The van der Waals surface area contributed by atoms with Crippen molar-refractivity contribution in [2.24, 2.45) is 0 Å². The first kappa shape index (κ1) is 13.0. The molecule has 0 saturated carbocycles. The Morgan fingerprint density at radius 1 is 1.57 bits per heavy atom. The molecule has 78 valence electrons. The minimum Gasteiger partial charge on any atom is -0.352 e. The highest BCUT2D eigenvalue weighted by atomic mass is 35.5. The zero-order chi connectivity index (χ0) is 11.0. The molecule has 0 aromatic rings. The number of amides is 1. The number of hydrogen-bond acceptors (Lipinski definition) is 1. The summed E-state index contributed by atoms with van der Waals surface area (Å²) in [5.41, 5.74) is 0.559. The van der Waals surface area contributed by atoms with Gasteiger partial charge in [0, 0.05) is 17.2 Å². The molecule has 2 nitrogen and oxygen atoms in total. The van der Waals surface area contributed by atoms with Crippen LogP contribution in [0.4, 0.5) is 0 Å². The van der Waals surface area contributed by atoms with E-state index in [4.69, 9.17) is 11.6 Å². The minimum atomic E-state index is -0.102. The molecule has 0 heterocycles. The summed E-state index contributed by atoms with van der Waals surface area (Å²) in [5.74, 6) is -0.102. The first-order chi connectivity index (χ1) is 6.65. The van der Waals surface area contributed by atoms with E-state index >= 15 is 0 Å². The molecule has 0 rings (SSSR count). The van der Waals surface area contributed by atoms with Crippen LogP contribution in [0.2, 0.25) is 0 Å². The molecule has 0 fully saturated rings. The number of nitrogens with one attached hydrogen (secondary N) is 1. The van der Waals surface area contributed by atoms with Gasteiger partial charge in [-0.3, -0.25) is 4.79 Å². The molecule has 0 atom stereocenters. The molecule has 1 amide bonds. The van der Waals surface area contributed by atoms with Crippen LogP contribution in [0.25, 0.3) is 0 Å². The molecule has 0 radical (unpaired) electrons. The maximum atomic E-state index is 11.5. The van der Waals surface area contributed by atoms with Crippen LogP contribution in [-0.4, -0.2) is 12.5 Å². The zero-order valence-corrected chi connectivity index (χ0v) is 9.40. The summed E-state index contributed by atoms with van der Waals surface area (Å²) in [5, 5.41) is 3.23. The predicted octanol–water partition coefficient (Wildman–Crippen LogP) is 2.77. The normalized spacial score (nSPS) is 12.5. The molecule has 0 aliphatic heterocycles. The van der Waals surface area contributed by atoms with Crippen LogP contribution in [0.15, 0.2) is 35.4 Å². The van der Waals surface area contributed by atoms with Gasteiger partial charge in [0.25, 0.3) is 5.91 Å². The third-order valence-electron chi connectivity index (χ3n) is 1.60. The smallest absolute Gasteiger partial charge is 0.250 e. The van der Waals surface area contributed by atoms with Gasteiger partial charge in [-0.2, -0.15) is 0 Å². The quantitative estimate of drug-likeness (QED) is 0.552. The van der Waals surface area contributed by atoms with E-state index in [9.17, 15) is 4.79 Å². The predicted molar refractivity (Wildman–Crippen MR) is 61.2 cm³/mol. The second kappa shape index (κ2) is 7.39. The highest BCUT2D eigenvalue weighted by Crippen LogP contribution is 2.07. The molecule has 0 aromatic heterocycles. The number of carbonyl (C=O) groups is 1. The Labute approximate surface area is 90.3 Å². The van der Waals surface area contributed by atoms with Crippen molar-refractivity contribution in [2.45, 2.75) is 20.3 Å². The lowest BCUT2D eigenvalue weighted by molar-refractivity contribution is -0.117. The van der Waals surface area contributed by atoms with Crippen LogP contribution in [0.3, 0.4) is 0 Å². The molecule has 0 bridgehead atoms. The first-order valence-corrected chi connectivity index (χ1v) is 4.97. The standard InChI is InChI=1S/C11H16ClNO/c1-4-7-13-11(14)9(5-2)8-10(12)6-3/h5-6,8H,3-4,7H2,1-2H3,(H,13,14)/b9-5+,10-8+. The summed E-state index contributed by atoms with van der Waals surface area (Å²) >= 11 is 5.74. The second-order valence-electron chi connectivity index (χ2n) is 2.73. The van der Waals surface area contributed by atoms with Crippen LogP contribution in [0.1, 0.15) is 20.3 Å². The SMILES string of the molecule is C=C/C(Cl)=C\C(=C/C)C(=O)NCCC. The highest BCUT2D eigenvalue weighted by Gasteiger charge is 2.04. The Bertz CT molecular complexity index is 266. The van der Waals surface area contributed by atoms with Crippen molar-refractivity contribution >= 4 is 17.5 Å². The Hall–Kier alpha value is -1.02. The van der Waals surface area contributed by atoms with Gasteiger partial charge in [-0.25, -0.2) is 0 Å². The molecule has 1 N–H and O–H groups in total. The number of halogens is 1. The van der Waals surface area contributed by atoms with Gasteiger partial charge in [0.15, 0.2) is 0 Å². The van der Waals surface area contributed by atoms with Crippen LogP contribution in [0, 0.1) is 0 Å². The van der Waals surface area contributed by atoms with Gasteiger partial charge >= 0.3 is 0 Å². The lowest BCUT2D eigenvalue weighted by Crippen LogP contribution is -2.24. The number of rotatable bonds is 5. The third kappa shape index (κ3) is 4.87. The summed E-state index contributed by atoms with van der Waals surface area (Å²) in [4.78, 5) is 11.5. The number of allylic oxidation sites excluding steroid dienone is 3. The molecule has 3 heteroatoms. The van der Waals surface area contributed by atoms with Crippen molar-refractivity contribution in [3.8, 4) is 0 Å². The van der Waals surface area contributed by atoms with Gasteiger partial charge in [-0.1, -0.05) is 37.3 Å². The summed E-state index contributed by atoms with van der Waals surface area (Å²) in [6.07, 6.45) is 5.73. The fourth-order valence-electron chi connectivity index (χ4n) is 0.828. The number of carbonyl (C=O) groups excluding carboxylic acids is 1. The van der Waals surface area contributed by atoms with Crippen LogP contribution < -0.4 is 5.32 Å². The monoisotopic (exact) mass is 213 g/mol. The van der Waals surface area contributed by atoms with E-state index in [0.717, 1.165) is 6.42 Å². The van der Waals surface area contributed by atoms with Crippen molar-refractivity contribution in [1.82, 2.24) is 5.32 Å². The van der Waals surface area contributed by atoms with Crippen molar-refractivity contribution < 1.29 is 4.79 Å². The second-order valence-corrected chi connectivity index (χ2v) is 3.17. The Morgan fingerprint density at radius 2 is 2.21 bits per heavy atom. The lowest BCUT2D eigenvalue weighted by atomic mass is 10.2. The molecular weight excluding hydrogens is 198 g/mol. The minimum absolute atomic E-state index is 0.102. The third-order valence-corrected chi connectivity index (χ3v) is 1.86. The van der Waals surface area contributed by atoms with E-state index in [1.807, 2.05) is 6.92 Å². The Morgan fingerprint density at radius 3 is 2.64 bits per heavy atom. The van der Waals surface area contributed by atoms with Crippen LogP contribution in [-0.2, 0) is 4.79 Å². The van der Waals surface area contributed by atoms with Gasteiger partial charge in [-0.05, 0) is 19.4 Å². The van der Waals surface area contributed by atoms with Crippen molar-refractivity contribution in [2.75, 3.05) is 6.54 Å². The van der Waals surface area contributed by atoms with Gasteiger partial charge in [0.2, 0.25) is 0 Å². The first-order valence-electron chi connectivity index (χ1n) is 4.59. The topological polar surface area (TPSA) is 29.1 Å². The fourth-order valence-corrected chi connectivity index (χ4v) is 0.946. The van der Waals surface area contributed by atoms with Crippen molar-refractivity contribution in [3.63, 3.8) is 0 Å². The molecule has 0 unspecified atom stereocenters. The molecule has 0 aliphatic carbocycles. The maximum absolute atomic E-state index is 11.5. The summed E-state index contributed by atoms with van der Waals surface area (Å²) in [6.45, 7) is 7.98. The largest absolute Gasteiger partial charge is 0.352 e. The molecule has 0 aliphatic rings. The Kier molecular flexibility index (Phi) is 6.85. The highest BCUT2D eigenvalue weighted by molar-refractivity contribution is 6.31. The molecular formula is C11H16ClNO. The molecule has 0 spiro atoms. The molecule has 0 aromatic carbocycles. The van der Waals surface area contributed by atoms with Crippen molar-refractivity contribution in [1.29, 1.82) is 0 Å². The van der Waals surface area contributed by atoms with Crippen LogP contribution >= 0.6 is 11.6 Å². The number of hydrogen-bond donors (Lipinski definition) is 1. The molecule has 14 heavy (non-hydrogen) atoms. The fraction of sp³-hybridized carbons (Fsp3) is 0.364. The van der Waals surface area contributed by atoms with E-state index in [2.05, 4.69) is 11.9 Å².